The molecule has 0 atom stereocenters. The zero-order chi connectivity index (χ0) is 10.4. The summed E-state index contributed by atoms with van der Waals surface area (Å²) in [5, 5.41) is 4.07. The van der Waals surface area contributed by atoms with Gasteiger partial charge in [-0.1, -0.05) is 24.3 Å². The monoisotopic (exact) mass is 198 g/mol. The van der Waals surface area contributed by atoms with Gasteiger partial charge in [0.05, 0.1) is 5.56 Å². The molecule has 72 valence electrons. The molecule has 1 N–H and O–H groups in total. The summed E-state index contributed by atoms with van der Waals surface area (Å²) < 4.78 is 0. The summed E-state index contributed by atoms with van der Waals surface area (Å²) in [5.74, 6) is -0.744. The Hall–Kier alpha value is -2.23. The third-order valence-electron chi connectivity index (χ3n) is 2.46. The average molecular weight is 198 g/mol. The van der Waals surface area contributed by atoms with Gasteiger partial charge in [0, 0.05) is 11.6 Å². The van der Waals surface area contributed by atoms with Crippen LogP contribution in [0.4, 0.5) is 5.82 Å². The lowest BCUT2D eigenvalue weighted by Gasteiger charge is -2.00. The molecule has 1 aliphatic rings. The molecule has 4 heteroatoms. The van der Waals surface area contributed by atoms with Gasteiger partial charge in [0.25, 0.3) is 11.7 Å². The van der Waals surface area contributed by atoms with Crippen LogP contribution in [0, 0.1) is 0 Å². The minimum atomic E-state index is -0.603. The highest BCUT2D eigenvalue weighted by atomic mass is 16.2. The molecule has 3 rings (SSSR count). The second-order valence-electron chi connectivity index (χ2n) is 3.35. The normalized spacial score (nSPS) is 14.1. The van der Waals surface area contributed by atoms with Crippen molar-refractivity contribution in [2.45, 2.75) is 0 Å². The van der Waals surface area contributed by atoms with Crippen LogP contribution in [0.5, 0.6) is 0 Å². The van der Waals surface area contributed by atoms with E-state index in [9.17, 15) is 9.59 Å². The molecular weight excluding hydrogens is 192 g/mol. The first-order valence-electron chi connectivity index (χ1n) is 4.51. The molecule has 0 fully saturated rings. The number of ketones is 1. The number of fused-ring (bicyclic) bond motifs is 3. The first kappa shape index (κ1) is 8.11. The molecular formula is C11H6N2O2. The number of amides is 1. The maximum atomic E-state index is 11.6. The summed E-state index contributed by atoms with van der Waals surface area (Å²) in [6.45, 7) is 0. The van der Waals surface area contributed by atoms with Gasteiger partial charge in [-0.25, -0.2) is 4.98 Å². The van der Waals surface area contributed by atoms with Gasteiger partial charge in [0.1, 0.15) is 5.82 Å². The second kappa shape index (κ2) is 2.63. The lowest BCUT2D eigenvalue weighted by atomic mass is 10.1. The van der Waals surface area contributed by atoms with Gasteiger partial charge in [-0.05, 0) is 5.39 Å². The third-order valence-corrected chi connectivity index (χ3v) is 2.46. The average Bonchev–Trinajstić information content (AvgIpc) is 2.55. The van der Waals surface area contributed by atoms with E-state index in [0.29, 0.717) is 11.4 Å². The second-order valence-corrected chi connectivity index (χ2v) is 3.35. The predicted molar refractivity (Wildman–Crippen MR) is 54.7 cm³/mol. The Bertz CT molecular complexity index is 605. The zero-order valence-corrected chi connectivity index (χ0v) is 7.65. The van der Waals surface area contributed by atoms with Gasteiger partial charge in [0.2, 0.25) is 0 Å². The van der Waals surface area contributed by atoms with Crippen LogP contribution < -0.4 is 5.32 Å². The van der Waals surface area contributed by atoms with Crippen molar-refractivity contribution < 1.29 is 9.59 Å². The molecule has 0 saturated carbocycles. The van der Waals surface area contributed by atoms with Crippen molar-refractivity contribution in [3.8, 4) is 0 Å². The summed E-state index contributed by atoms with van der Waals surface area (Å²) in [7, 11) is 0. The van der Waals surface area contributed by atoms with Gasteiger partial charge < -0.3 is 5.32 Å². The Kier molecular flexibility index (Phi) is 1.42. The highest BCUT2D eigenvalue weighted by Gasteiger charge is 2.30. The number of carbonyl (C=O) groups is 2. The SMILES string of the molecule is O=C1Nc2ncc3ccccc3c2C1=O. The number of rotatable bonds is 0. The van der Waals surface area contributed by atoms with Gasteiger partial charge in [-0.15, -0.1) is 0 Å². The van der Waals surface area contributed by atoms with Crippen LogP contribution in [-0.2, 0) is 4.79 Å². The Morgan fingerprint density at radius 3 is 2.80 bits per heavy atom. The summed E-state index contributed by atoms with van der Waals surface area (Å²) in [6.07, 6.45) is 1.65. The van der Waals surface area contributed by atoms with Gasteiger partial charge in [0.15, 0.2) is 0 Å². The van der Waals surface area contributed by atoms with Crippen molar-refractivity contribution in [3.05, 3.63) is 36.0 Å². The molecule has 4 nitrogen and oxygen atoms in total. The van der Waals surface area contributed by atoms with Crippen molar-refractivity contribution >= 4 is 28.3 Å². The highest BCUT2D eigenvalue weighted by molar-refractivity contribution is 6.53. The van der Waals surface area contributed by atoms with Gasteiger partial charge in [-0.2, -0.15) is 0 Å². The van der Waals surface area contributed by atoms with Crippen LogP contribution in [0.1, 0.15) is 10.4 Å². The van der Waals surface area contributed by atoms with E-state index in [1.807, 2.05) is 24.3 Å². The lowest BCUT2D eigenvalue weighted by Crippen LogP contribution is -2.12. The number of hydrogen-bond acceptors (Lipinski definition) is 3. The van der Waals surface area contributed by atoms with Crippen molar-refractivity contribution in [3.63, 3.8) is 0 Å². The molecule has 1 amide bonds. The Labute approximate surface area is 84.9 Å². The molecule has 0 saturated heterocycles. The van der Waals surface area contributed by atoms with E-state index < -0.39 is 11.7 Å². The lowest BCUT2D eigenvalue weighted by molar-refractivity contribution is -0.112. The molecule has 0 bridgehead atoms. The number of carbonyl (C=O) groups excluding carboxylic acids is 2. The topological polar surface area (TPSA) is 59.1 Å². The first-order chi connectivity index (χ1) is 7.27. The van der Waals surface area contributed by atoms with Crippen LogP contribution in [-0.4, -0.2) is 16.7 Å². The standard InChI is InChI=1S/C11H6N2O2/c14-9-8-7-4-2-1-3-6(7)5-12-10(8)13-11(9)15/h1-5H,(H,12,13,14,15). The molecule has 2 heterocycles. The number of anilines is 1. The first-order valence-corrected chi connectivity index (χ1v) is 4.51. The maximum absolute atomic E-state index is 11.6. The number of aromatic nitrogens is 1. The van der Waals surface area contributed by atoms with Crippen molar-refractivity contribution in [2.75, 3.05) is 5.32 Å². The summed E-state index contributed by atoms with van der Waals surface area (Å²) in [6, 6.07) is 7.37. The molecule has 15 heavy (non-hydrogen) atoms. The van der Waals surface area contributed by atoms with E-state index in [-0.39, 0.29) is 0 Å². The smallest absolute Gasteiger partial charge is 0.298 e. The fourth-order valence-electron chi connectivity index (χ4n) is 1.77. The maximum Gasteiger partial charge on any atom is 0.298 e. The summed E-state index contributed by atoms with van der Waals surface area (Å²) in [4.78, 5) is 26.8. The van der Waals surface area contributed by atoms with E-state index in [0.717, 1.165) is 10.8 Å². The Morgan fingerprint density at radius 2 is 1.93 bits per heavy atom. The fourth-order valence-corrected chi connectivity index (χ4v) is 1.77. The van der Waals surface area contributed by atoms with E-state index in [2.05, 4.69) is 10.3 Å². The molecule has 0 unspecified atom stereocenters. The van der Waals surface area contributed by atoms with Crippen LogP contribution in [0.3, 0.4) is 0 Å². The van der Waals surface area contributed by atoms with Crippen LogP contribution >= 0.6 is 0 Å². The number of nitrogens with zero attached hydrogens (tertiary/aromatic N) is 1. The summed E-state index contributed by atoms with van der Waals surface area (Å²) >= 11 is 0. The highest BCUT2D eigenvalue weighted by Crippen LogP contribution is 2.28. The van der Waals surface area contributed by atoms with Crippen molar-refractivity contribution in [1.29, 1.82) is 0 Å². The van der Waals surface area contributed by atoms with Crippen molar-refractivity contribution in [1.82, 2.24) is 4.98 Å². The molecule has 1 aliphatic heterocycles. The number of Topliss-reactive ketones (excluding diaryl/α,β-unsaturated/α-hetero) is 1. The minimum Gasteiger partial charge on any atom is -0.303 e. The fraction of sp³-hybridized carbons (Fsp3) is 0. The van der Waals surface area contributed by atoms with E-state index in [1.54, 1.807) is 6.20 Å². The zero-order valence-electron chi connectivity index (χ0n) is 7.65. The molecule has 0 spiro atoms. The minimum absolute atomic E-state index is 0.365. The predicted octanol–water partition coefficient (Wildman–Crippen LogP) is 1.37. The Balaban J connectivity index is 2.45. The number of nitrogens with one attached hydrogen (secondary N) is 1. The summed E-state index contributed by atoms with van der Waals surface area (Å²) in [5.41, 5.74) is 0.387. The third kappa shape index (κ3) is 0.985. The van der Waals surface area contributed by atoms with Gasteiger partial charge in [-0.3, -0.25) is 9.59 Å². The quantitative estimate of drug-likeness (QED) is 0.650. The molecule has 0 aliphatic carbocycles. The van der Waals surface area contributed by atoms with Crippen LogP contribution in [0.25, 0.3) is 10.8 Å². The van der Waals surface area contributed by atoms with E-state index in [4.69, 9.17) is 0 Å². The number of pyridine rings is 1. The molecule has 0 radical (unpaired) electrons. The van der Waals surface area contributed by atoms with E-state index in [1.165, 1.54) is 0 Å². The van der Waals surface area contributed by atoms with Crippen LogP contribution in [0.2, 0.25) is 0 Å². The molecule has 1 aromatic carbocycles. The largest absolute Gasteiger partial charge is 0.303 e. The molecule has 1 aromatic heterocycles. The van der Waals surface area contributed by atoms with Crippen LogP contribution in [0.15, 0.2) is 30.5 Å². The van der Waals surface area contributed by atoms with Gasteiger partial charge >= 0.3 is 0 Å². The van der Waals surface area contributed by atoms with E-state index >= 15 is 0 Å². The Morgan fingerprint density at radius 1 is 1.13 bits per heavy atom. The number of benzene rings is 1. The van der Waals surface area contributed by atoms with Crippen molar-refractivity contribution in [2.24, 2.45) is 0 Å². The number of hydrogen-bond donors (Lipinski definition) is 1. The molecule has 2 aromatic rings.